The fourth-order valence-corrected chi connectivity index (χ4v) is 2.24. The smallest absolute Gasteiger partial charge is 0.228 e. The van der Waals surface area contributed by atoms with Crippen molar-refractivity contribution in [1.29, 1.82) is 0 Å². The summed E-state index contributed by atoms with van der Waals surface area (Å²) in [6.45, 7) is 2.29. The zero-order valence-corrected chi connectivity index (χ0v) is 12.8. The number of carbonyl (C=O) groups excluding carboxylic acids is 1. The average Bonchev–Trinajstić information content (AvgIpc) is 2.63. The van der Waals surface area contributed by atoms with Crippen LogP contribution in [0.4, 0.5) is 0 Å². The molecule has 23 heavy (non-hydrogen) atoms. The van der Waals surface area contributed by atoms with Gasteiger partial charge in [0, 0.05) is 17.3 Å². The Morgan fingerprint density at radius 2 is 1.65 bits per heavy atom. The molecule has 0 radical (unpaired) electrons. The molecule has 0 saturated heterocycles. The van der Waals surface area contributed by atoms with Gasteiger partial charge in [-0.1, -0.05) is 60.7 Å². The summed E-state index contributed by atoms with van der Waals surface area (Å²) in [6.07, 6.45) is 1.54. The largest absolute Gasteiger partial charge is 0.477 e. The van der Waals surface area contributed by atoms with Crippen LogP contribution in [-0.2, 0) is 0 Å². The highest BCUT2D eigenvalue weighted by Gasteiger charge is 2.18. The van der Waals surface area contributed by atoms with E-state index >= 15 is 0 Å². The van der Waals surface area contributed by atoms with Crippen LogP contribution in [-0.4, -0.2) is 22.4 Å². The minimum Gasteiger partial charge on any atom is -0.477 e. The molecular weight excluding hydrogens is 288 g/mol. The fraction of sp³-hybridized carbons (Fsp3) is 0.105. The highest BCUT2D eigenvalue weighted by Crippen LogP contribution is 2.23. The third-order valence-corrected chi connectivity index (χ3v) is 3.35. The van der Waals surface area contributed by atoms with Crippen LogP contribution in [0, 0.1) is 0 Å². The van der Waals surface area contributed by atoms with Gasteiger partial charge in [0.15, 0.2) is 11.6 Å². The molecule has 0 aliphatic heterocycles. The van der Waals surface area contributed by atoms with E-state index in [1.54, 1.807) is 12.1 Å². The molecule has 0 bridgehead atoms. The second kappa shape index (κ2) is 6.83. The van der Waals surface area contributed by atoms with Gasteiger partial charge in [0.05, 0.1) is 6.61 Å². The standard InChI is InChI=1S/C19H16N2O2/c1-2-23-19-16(17(22)14-9-5-3-6-10-14)13-20-18(21-19)15-11-7-4-8-12-15/h3-13H,2H2,1H3. The maximum atomic E-state index is 12.6. The number of nitrogens with zero attached hydrogens (tertiary/aromatic N) is 2. The van der Waals surface area contributed by atoms with Crippen LogP contribution in [0.25, 0.3) is 11.4 Å². The second-order valence-electron chi connectivity index (χ2n) is 4.91. The van der Waals surface area contributed by atoms with Gasteiger partial charge >= 0.3 is 0 Å². The Hall–Kier alpha value is -3.01. The van der Waals surface area contributed by atoms with Gasteiger partial charge in [-0.05, 0) is 6.92 Å². The molecule has 0 atom stereocenters. The first kappa shape index (κ1) is 14.9. The van der Waals surface area contributed by atoms with Crippen molar-refractivity contribution in [2.45, 2.75) is 6.92 Å². The van der Waals surface area contributed by atoms with E-state index in [2.05, 4.69) is 9.97 Å². The highest BCUT2D eigenvalue weighted by atomic mass is 16.5. The van der Waals surface area contributed by atoms with E-state index in [9.17, 15) is 4.79 Å². The first-order valence-electron chi connectivity index (χ1n) is 7.44. The zero-order chi connectivity index (χ0) is 16.1. The number of benzene rings is 2. The number of aromatic nitrogens is 2. The molecule has 4 nitrogen and oxygen atoms in total. The van der Waals surface area contributed by atoms with Crippen molar-refractivity contribution in [2.75, 3.05) is 6.61 Å². The molecule has 0 saturated carbocycles. The van der Waals surface area contributed by atoms with E-state index in [4.69, 9.17) is 4.74 Å². The lowest BCUT2D eigenvalue weighted by molar-refractivity contribution is 0.103. The summed E-state index contributed by atoms with van der Waals surface area (Å²) < 4.78 is 5.57. The van der Waals surface area contributed by atoms with E-state index in [1.165, 1.54) is 6.20 Å². The van der Waals surface area contributed by atoms with Crippen LogP contribution in [0.15, 0.2) is 66.9 Å². The lowest BCUT2D eigenvalue weighted by Gasteiger charge is -2.10. The van der Waals surface area contributed by atoms with Gasteiger partial charge < -0.3 is 4.74 Å². The molecule has 0 spiro atoms. The summed E-state index contributed by atoms with van der Waals surface area (Å²) in [7, 11) is 0. The number of ketones is 1. The average molecular weight is 304 g/mol. The third kappa shape index (κ3) is 3.26. The summed E-state index contributed by atoms with van der Waals surface area (Å²) in [5.74, 6) is 0.711. The van der Waals surface area contributed by atoms with Crippen molar-refractivity contribution >= 4 is 5.78 Å². The Bertz CT molecular complexity index is 802. The van der Waals surface area contributed by atoms with Crippen molar-refractivity contribution in [2.24, 2.45) is 0 Å². The first-order chi connectivity index (χ1) is 11.3. The van der Waals surface area contributed by atoms with Crippen LogP contribution in [0.2, 0.25) is 0 Å². The van der Waals surface area contributed by atoms with Crippen LogP contribution < -0.4 is 4.74 Å². The van der Waals surface area contributed by atoms with Crippen molar-refractivity contribution in [3.8, 4) is 17.3 Å². The third-order valence-electron chi connectivity index (χ3n) is 3.35. The Morgan fingerprint density at radius 3 is 2.30 bits per heavy atom. The molecule has 114 valence electrons. The van der Waals surface area contributed by atoms with Gasteiger partial charge in [0.1, 0.15) is 5.56 Å². The molecule has 3 rings (SSSR count). The van der Waals surface area contributed by atoms with Gasteiger partial charge in [0.25, 0.3) is 0 Å². The molecule has 3 aromatic rings. The molecule has 0 aliphatic carbocycles. The minimum absolute atomic E-state index is 0.145. The molecule has 0 amide bonds. The van der Waals surface area contributed by atoms with E-state index in [1.807, 2.05) is 55.5 Å². The van der Waals surface area contributed by atoms with Gasteiger partial charge in [-0.3, -0.25) is 4.79 Å². The molecule has 1 aromatic heterocycles. The number of carbonyl (C=O) groups is 1. The summed E-state index contributed by atoms with van der Waals surface area (Å²) in [6, 6.07) is 18.7. The molecule has 0 unspecified atom stereocenters. The second-order valence-corrected chi connectivity index (χ2v) is 4.91. The topological polar surface area (TPSA) is 52.1 Å². The summed E-state index contributed by atoms with van der Waals surface area (Å²) in [5.41, 5.74) is 1.84. The highest BCUT2D eigenvalue weighted by molar-refractivity contribution is 6.10. The van der Waals surface area contributed by atoms with Gasteiger partial charge in [-0.2, -0.15) is 4.98 Å². The molecule has 1 heterocycles. The number of ether oxygens (including phenoxy) is 1. The molecule has 0 aliphatic rings. The van der Waals surface area contributed by atoms with Crippen LogP contribution in [0.1, 0.15) is 22.8 Å². The first-order valence-corrected chi connectivity index (χ1v) is 7.44. The SMILES string of the molecule is CCOc1nc(-c2ccccc2)ncc1C(=O)c1ccccc1. The Morgan fingerprint density at radius 1 is 1.00 bits per heavy atom. The van der Waals surface area contributed by atoms with Crippen molar-refractivity contribution in [1.82, 2.24) is 9.97 Å². The van der Waals surface area contributed by atoms with Crippen LogP contribution in [0.3, 0.4) is 0 Å². The molecule has 0 N–H and O–H groups in total. The summed E-state index contributed by atoms with van der Waals surface area (Å²) >= 11 is 0. The van der Waals surface area contributed by atoms with Gasteiger partial charge in [-0.25, -0.2) is 4.98 Å². The Labute approximate surface area is 134 Å². The molecular formula is C19H16N2O2. The summed E-state index contributed by atoms with van der Waals surface area (Å²) in [5, 5.41) is 0. The van der Waals surface area contributed by atoms with E-state index < -0.39 is 0 Å². The fourth-order valence-electron chi connectivity index (χ4n) is 2.24. The molecule has 4 heteroatoms. The predicted octanol–water partition coefficient (Wildman–Crippen LogP) is 3.77. The van der Waals surface area contributed by atoms with Crippen LogP contribution >= 0.6 is 0 Å². The molecule has 0 fully saturated rings. The quantitative estimate of drug-likeness (QED) is 0.673. The Kier molecular flexibility index (Phi) is 4.43. The lowest BCUT2D eigenvalue weighted by Crippen LogP contribution is -2.08. The van der Waals surface area contributed by atoms with Gasteiger partial charge in [-0.15, -0.1) is 0 Å². The van der Waals surface area contributed by atoms with Crippen LogP contribution in [0.5, 0.6) is 5.88 Å². The maximum absolute atomic E-state index is 12.6. The van der Waals surface area contributed by atoms with Crippen molar-refractivity contribution < 1.29 is 9.53 Å². The van der Waals surface area contributed by atoms with E-state index in [0.29, 0.717) is 29.4 Å². The number of hydrogen-bond donors (Lipinski definition) is 0. The normalized spacial score (nSPS) is 10.3. The van der Waals surface area contributed by atoms with E-state index in [0.717, 1.165) is 5.56 Å². The lowest BCUT2D eigenvalue weighted by atomic mass is 10.1. The number of hydrogen-bond acceptors (Lipinski definition) is 4. The van der Waals surface area contributed by atoms with E-state index in [-0.39, 0.29) is 5.78 Å². The minimum atomic E-state index is -0.145. The van der Waals surface area contributed by atoms with Crippen molar-refractivity contribution in [3.63, 3.8) is 0 Å². The maximum Gasteiger partial charge on any atom is 0.228 e. The molecule has 2 aromatic carbocycles. The monoisotopic (exact) mass is 304 g/mol. The number of rotatable bonds is 5. The van der Waals surface area contributed by atoms with Crippen molar-refractivity contribution in [3.05, 3.63) is 78.0 Å². The predicted molar refractivity (Wildman–Crippen MR) is 88.5 cm³/mol. The Balaban J connectivity index is 2.02. The zero-order valence-electron chi connectivity index (χ0n) is 12.8. The summed E-state index contributed by atoms with van der Waals surface area (Å²) in [4.78, 5) is 21.4. The van der Waals surface area contributed by atoms with Gasteiger partial charge in [0.2, 0.25) is 5.88 Å².